The third-order valence-electron chi connectivity index (χ3n) is 2.76. The number of pyridine rings is 1. The fourth-order valence-electron chi connectivity index (χ4n) is 1.68. The van der Waals surface area contributed by atoms with E-state index in [0.717, 1.165) is 18.8 Å². The van der Waals surface area contributed by atoms with Gasteiger partial charge in [0.2, 0.25) is 0 Å². The van der Waals surface area contributed by atoms with Crippen LogP contribution < -0.4 is 10.5 Å². The summed E-state index contributed by atoms with van der Waals surface area (Å²) >= 11 is 4.84. The van der Waals surface area contributed by atoms with Gasteiger partial charge in [0, 0.05) is 0 Å². The van der Waals surface area contributed by atoms with E-state index in [2.05, 4.69) is 11.9 Å². The fourth-order valence-corrected chi connectivity index (χ4v) is 1.80. The number of nitrogens with zero attached hydrogens (tertiary/aromatic N) is 1. The van der Waals surface area contributed by atoms with Gasteiger partial charge < -0.3 is 10.5 Å². The molecule has 100 valence electrons. The molecule has 0 aliphatic carbocycles. The topological polar surface area (TPSA) is 48.1 Å². The lowest BCUT2D eigenvalue weighted by Gasteiger charge is -2.06. The number of rotatable bonds is 9. The molecule has 0 saturated heterocycles. The molecule has 1 aromatic heterocycles. The molecule has 1 aromatic rings. The smallest absolute Gasteiger partial charge is 0.137 e. The van der Waals surface area contributed by atoms with Crippen LogP contribution in [-0.2, 0) is 0 Å². The molecule has 0 unspecified atom stereocenters. The summed E-state index contributed by atoms with van der Waals surface area (Å²) in [4.78, 5) is 4.44. The van der Waals surface area contributed by atoms with Gasteiger partial charge >= 0.3 is 0 Å². The molecule has 0 spiro atoms. The van der Waals surface area contributed by atoms with E-state index in [0.29, 0.717) is 10.7 Å². The quantitative estimate of drug-likeness (QED) is 0.549. The molecule has 0 atom stereocenters. The van der Waals surface area contributed by atoms with E-state index in [1.165, 1.54) is 32.1 Å². The van der Waals surface area contributed by atoms with E-state index in [4.69, 9.17) is 22.7 Å². The Hall–Kier alpha value is -1.16. The van der Waals surface area contributed by atoms with Crippen molar-refractivity contribution in [1.82, 2.24) is 4.98 Å². The zero-order chi connectivity index (χ0) is 13.2. The van der Waals surface area contributed by atoms with Gasteiger partial charge in [0.15, 0.2) is 0 Å². The Kier molecular flexibility index (Phi) is 7.34. The minimum absolute atomic E-state index is 0.317. The molecule has 3 nitrogen and oxygen atoms in total. The third kappa shape index (κ3) is 5.96. The van der Waals surface area contributed by atoms with Crippen LogP contribution in [0.4, 0.5) is 0 Å². The number of thiocarbonyl (C=S) groups is 1. The summed E-state index contributed by atoms with van der Waals surface area (Å²) in [5.74, 6) is 0.781. The molecule has 0 bridgehead atoms. The Balaban J connectivity index is 2.14. The monoisotopic (exact) mass is 266 g/mol. The van der Waals surface area contributed by atoms with E-state index in [9.17, 15) is 0 Å². The van der Waals surface area contributed by atoms with Gasteiger partial charge in [-0.15, -0.1) is 0 Å². The summed E-state index contributed by atoms with van der Waals surface area (Å²) in [5.41, 5.74) is 6.11. The first-order valence-electron chi connectivity index (χ1n) is 6.62. The molecular formula is C14H22N2OS. The Morgan fingerprint density at radius 2 is 1.94 bits per heavy atom. The van der Waals surface area contributed by atoms with Gasteiger partial charge in [0.05, 0.1) is 18.5 Å². The van der Waals surface area contributed by atoms with Crippen LogP contribution in [0.3, 0.4) is 0 Å². The minimum atomic E-state index is 0.317. The van der Waals surface area contributed by atoms with Crippen molar-refractivity contribution in [1.29, 1.82) is 0 Å². The van der Waals surface area contributed by atoms with Crippen LogP contribution in [0.5, 0.6) is 5.75 Å². The number of ether oxygens (including phenoxy) is 1. The zero-order valence-electron chi connectivity index (χ0n) is 11.0. The summed E-state index contributed by atoms with van der Waals surface area (Å²) in [6.45, 7) is 2.98. The van der Waals surface area contributed by atoms with Crippen LogP contribution in [-0.4, -0.2) is 16.6 Å². The van der Waals surface area contributed by atoms with Crippen LogP contribution in [0.15, 0.2) is 18.3 Å². The highest BCUT2D eigenvalue weighted by Crippen LogP contribution is 2.11. The summed E-state index contributed by atoms with van der Waals surface area (Å²) in [7, 11) is 0. The van der Waals surface area contributed by atoms with Gasteiger partial charge in [-0.1, -0.05) is 51.2 Å². The predicted octanol–water partition coefficient (Wildman–Crippen LogP) is 3.46. The third-order valence-corrected chi connectivity index (χ3v) is 2.96. The molecule has 0 saturated carbocycles. The number of nitrogens with two attached hydrogens (primary N) is 1. The van der Waals surface area contributed by atoms with Crippen molar-refractivity contribution < 1.29 is 4.74 Å². The van der Waals surface area contributed by atoms with E-state index >= 15 is 0 Å². The number of aromatic nitrogens is 1. The van der Waals surface area contributed by atoms with Gasteiger partial charge in [-0.3, -0.25) is 0 Å². The average Bonchev–Trinajstić information content (AvgIpc) is 2.38. The fraction of sp³-hybridized carbons (Fsp3) is 0.571. The molecule has 0 aliphatic heterocycles. The normalized spacial score (nSPS) is 10.3. The molecule has 0 radical (unpaired) electrons. The second-order valence-corrected chi connectivity index (χ2v) is 4.80. The molecule has 18 heavy (non-hydrogen) atoms. The first kappa shape index (κ1) is 14.9. The molecular weight excluding hydrogens is 244 g/mol. The SMILES string of the molecule is CCCCCCCCOc1ccc(C(N)=S)nc1. The highest BCUT2D eigenvalue weighted by molar-refractivity contribution is 7.80. The number of hydrogen-bond acceptors (Lipinski definition) is 3. The van der Waals surface area contributed by atoms with E-state index in [1.807, 2.05) is 6.07 Å². The van der Waals surface area contributed by atoms with Crippen molar-refractivity contribution >= 4 is 17.2 Å². The van der Waals surface area contributed by atoms with E-state index < -0.39 is 0 Å². The highest BCUT2D eigenvalue weighted by Gasteiger charge is 1.99. The first-order chi connectivity index (χ1) is 8.74. The maximum Gasteiger partial charge on any atom is 0.137 e. The summed E-state index contributed by atoms with van der Waals surface area (Å²) < 4.78 is 5.60. The Morgan fingerprint density at radius 1 is 1.22 bits per heavy atom. The average molecular weight is 266 g/mol. The standard InChI is InChI=1S/C14H22N2OS/c1-2-3-4-5-6-7-10-17-12-8-9-13(14(15)18)16-11-12/h8-9,11H,2-7,10H2,1H3,(H2,15,18). The molecule has 4 heteroatoms. The molecule has 0 amide bonds. The van der Waals surface area contributed by atoms with Crippen LogP contribution in [0.1, 0.15) is 51.1 Å². The lowest BCUT2D eigenvalue weighted by Crippen LogP contribution is -2.11. The molecule has 1 heterocycles. The van der Waals surface area contributed by atoms with E-state index in [-0.39, 0.29) is 0 Å². The first-order valence-corrected chi connectivity index (χ1v) is 7.03. The number of hydrogen-bond donors (Lipinski definition) is 1. The van der Waals surface area contributed by atoms with Crippen molar-refractivity contribution in [2.45, 2.75) is 45.4 Å². The van der Waals surface area contributed by atoms with Crippen LogP contribution in [0.2, 0.25) is 0 Å². The maximum atomic E-state index is 5.60. The lowest BCUT2D eigenvalue weighted by atomic mass is 10.1. The van der Waals surface area contributed by atoms with Gasteiger partial charge in [0.25, 0.3) is 0 Å². The Bertz CT molecular complexity index is 351. The Labute approximate surface area is 115 Å². The van der Waals surface area contributed by atoms with Crippen LogP contribution in [0, 0.1) is 0 Å². The zero-order valence-corrected chi connectivity index (χ0v) is 11.8. The lowest BCUT2D eigenvalue weighted by molar-refractivity contribution is 0.303. The van der Waals surface area contributed by atoms with Gasteiger partial charge in [-0.25, -0.2) is 4.98 Å². The highest BCUT2D eigenvalue weighted by atomic mass is 32.1. The summed E-state index contributed by atoms with van der Waals surface area (Å²) in [6.07, 6.45) is 9.27. The van der Waals surface area contributed by atoms with Gasteiger partial charge in [0.1, 0.15) is 10.7 Å². The van der Waals surface area contributed by atoms with Crippen molar-refractivity contribution in [3.8, 4) is 5.75 Å². The van der Waals surface area contributed by atoms with E-state index in [1.54, 1.807) is 12.3 Å². The molecule has 0 fully saturated rings. The van der Waals surface area contributed by atoms with Crippen molar-refractivity contribution in [2.24, 2.45) is 5.73 Å². The van der Waals surface area contributed by atoms with Crippen LogP contribution >= 0.6 is 12.2 Å². The minimum Gasteiger partial charge on any atom is -0.492 e. The van der Waals surface area contributed by atoms with Gasteiger partial charge in [-0.05, 0) is 18.6 Å². The van der Waals surface area contributed by atoms with Crippen LogP contribution in [0.25, 0.3) is 0 Å². The Morgan fingerprint density at radius 3 is 2.56 bits per heavy atom. The summed E-state index contributed by atoms with van der Waals surface area (Å²) in [6, 6.07) is 3.65. The largest absolute Gasteiger partial charge is 0.492 e. The van der Waals surface area contributed by atoms with Gasteiger partial charge in [-0.2, -0.15) is 0 Å². The molecule has 0 aromatic carbocycles. The maximum absolute atomic E-state index is 5.60. The van der Waals surface area contributed by atoms with Crippen molar-refractivity contribution in [3.05, 3.63) is 24.0 Å². The molecule has 0 aliphatic rings. The van der Waals surface area contributed by atoms with Crippen molar-refractivity contribution in [3.63, 3.8) is 0 Å². The molecule has 2 N–H and O–H groups in total. The second kappa shape index (κ2) is 8.86. The second-order valence-electron chi connectivity index (χ2n) is 4.36. The molecule has 1 rings (SSSR count). The summed E-state index contributed by atoms with van der Waals surface area (Å²) in [5, 5.41) is 0. The van der Waals surface area contributed by atoms with Crippen molar-refractivity contribution in [2.75, 3.05) is 6.61 Å². The number of unbranched alkanes of at least 4 members (excludes halogenated alkanes) is 5. The predicted molar refractivity (Wildman–Crippen MR) is 79.0 cm³/mol.